The van der Waals surface area contributed by atoms with Crippen molar-refractivity contribution in [1.29, 1.82) is 0 Å². The van der Waals surface area contributed by atoms with Crippen LogP contribution in [0.15, 0.2) is 42.5 Å². The number of carbonyl (C=O) groups is 1. The Hall–Kier alpha value is -2.20. The summed E-state index contributed by atoms with van der Waals surface area (Å²) in [5.41, 5.74) is 2.25. The van der Waals surface area contributed by atoms with E-state index in [1.165, 1.54) is 16.3 Å². The van der Waals surface area contributed by atoms with E-state index >= 15 is 0 Å². The van der Waals surface area contributed by atoms with Crippen LogP contribution in [0.1, 0.15) is 35.0 Å². The summed E-state index contributed by atoms with van der Waals surface area (Å²) in [6.45, 7) is 6.91. The first-order chi connectivity index (χ1) is 12.0. The minimum Gasteiger partial charge on any atom is -0.356 e. The molecule has 4 heteroatoms. The van der Waals surface area contributed by atoms with Crippen molar-refractivity contribution in [3.8, 4) is 0 Å². The van der Waals surface area contributed by atoms with Crippen molar-refractivity contribution in [3.05, 3.63) is 63.6 Å². The molecule has 0 unspecified atom stereocenters. The van der Waals surface area contributed by atoms with Gasteiger partial charge >= 0.3 is 0 Å². The zero-order chi connectivity index (χ0) is 17.8. The molecule has 0 aliphatic rings. The Morgan fingerprint density at radius 1 is 1.16 bits per heavy atom. The number of carbonyl (C=O) groups excluding carboxylic acids is 1. The number of nitrogens with one attached hydrogen (secondary N) is 1. The number of aryl methyl sites for hydroxylation is 1. The van der Waals surface area contributed by atoms with Crippen LogP contribution in [-0.4, -0.2) is 17.4 Å². The Kier molecular flexibility index (Phi) is 5.49. The molecule has 0 saturated heterocycles. The van der Waals surface area contributed by atoms with Crippen molar-refractivity contribution in [2.45, 2.75) is 33.6 Å². The van der Waals surface area contributed by atoms with E-state index in [9.17, 15) is 4.79 Å². The SMILES string of the molecule is Cc1nc(Cc2cccc3ccccc23)sc1CC(=O)NCC(C)C. The second-order valence-electron chi connectivity index (χ2n) is 6.81. The van der Waals surface area contributed by atoms with E-state index in [1.807, 2.05) is 6.92 Å². The molecule has 130 valence electrons. The highest BCUT2D eigenvalue weighted by atomic mass is 32.1. The van der Waals surface area contributed by atoms with Crippen molar-refractivity contribution in [3.63, 3.8) is 0 Å². The van der Waals surface area contributed by atoms with Gasteiger partial charge in [0, 0.05) is 17.8 Å². The van der Waals surface area contributed by atoms with Crippen LogP contribution < -0.4 is 5.32 Å². The van der Waals surface area contributed by atoms with Crippen LogP contribution in [-0.2, 0) is 17.6 Å². The fraction of sp³-hybridized carbons (Fsp3) is 0.333. The third-order valence-corrected chi connectivity index (χ3v) is 5.34. The molecular formula is C21H24N2OS. The zero-order valence-electron chi connectivity index (χ0n) is 15.0. The summed E-state index contributed by atoms with van der Waals surface area (Å²) in [5.74, 6) is 0.547. The van der Waals surface area contributed by atoms with Gasteiger partial charge in [0.1, 0.15) is 0 Å². The molecule has 0 atom stereocenters. The Balaban J connectivity index is 1.75. The quantitative estimate of drug-likeness (QED) is 0.709. The van der Waals surface area contributed by atoms with Crippen molar-refractivity contribution in [2.75, 3.05) is 6.54 Å². The normalized spacial score (nSPS) is 11.2. The van der Waals surface area contributed by atoms with Crippen LogP contribution in [0.4, 0.5) is 0 Å². The Labute approximate surface area is 153 Å². The predicted molar refractivity (Wildman–Crippen MR) is 105 cm³/mol. The Morgan fingerprint density at radius 3 is 2.72 bits per heavy atom. The molecule has 25 heavy (non-hydrogen) atoms. The molecule has 1 heterocycles. The van der Waals surface area contributed by atoms with E-state index in [0.29, 0.717) is 12.3 Å². The molecule has 0 radical (unpaired) electrons. The van der Waals surface area contributed by atoms with Crippen LogP contribution in [0.5, 0.6) is 0 Å². The fourth-order valence-corrected chi connectivity index (χ4v) is 3.96. The molecule has 0 aliphatic carbocycles. The van der Waals surface area contributed by atoms with Gasteiger partial charge in [0.25, 0.3) is 0 Å². The molecular weight excluding hydrogens is 328 g/mol. The molecule has 3 nitrogen and oxygen atoms in total. The van der Waals surface area contributed by atoms with Crippen molar-refractivity contribution >= 4 is 28.0 Å². The third-order valence-electron chi connectivity index (χ3n) is 4.19. The first kappa shape index (κ1) is 17.6. The molecule has 3 rings (SSSR count). The van der Waals surface area contributed by atoms with E-state index in [0.717, 1.165) is 28.5 Å². The second-order valence-corrected chi connectivity index (χ2v) is 7.97. The molecule has 1 amide bonds. The van der Waals surface area contributed by atoms with Crippen molar-refractivity contribution in [2.24, 2.45) is 5.92 Å². The van der Waals surface area contributed by atoms with E-state index in [2.05, 4.69) is 61.6 Å². The van der Waals surface area contributed by atoms with Gasteiger partial charge in [-0.3, -0.25) is 4.79 Å². The first-order valence-corrected chi connectivity index (χ1v) is 9.53. The maximum absolute atomic E-state index is 12.1. The summed E-state index contributed by atoms with van der Waals surface area (Å²) in [7, 11) is 0. The van der Waals surface area contributed by atoms with E-state index in [-0.39, 0.29) is 5.91 Å². The van der Waals surface area contributed by atoms with Crippen LogP contribution in [0.25, 0.3) is 10.8 Å². The monoisotopic (exact) mass is 352 g/mol. The summed E-state index contributed by atoms with van der Waals surface area (Å²) in [6.07, 6.45) is 1.23. The maximum Gasteiger partial charge on any atom is 0.225 e. The summed E-state index contributed by atoms with van der Waals surface area (Å²) in [5, 5.41) is 6.57. The fourth-order valence-electron chi connectivity index (χ4n) is 2.86. The molecule has 3 aromatic rings. The van der Waals surface area contributed by atoms with Gasteiger partial charge in [-0.05, 0) is 29.2 Å². The van der Waals surface area contributed by atoms with Crippen molar-refractivity contribution < 1.29 is 4.79 Å². The maximum atomic E-state index is 12.1. The largest absolute Gasteiger partial charge is 0.356 e. The minimum absolute atomic E-state index is 0.0807. The van der Waals surface area contributed by atoms with Gasteiger partial charge in [0.2, 0.25) is 5.91 Å². The number of nitrogens with zero attached hydrogens (tertiary/aromatic N) is 1. The number of hydrogen-bond acceptors (Lipinski definition) is 3. The summed E-state index contributed by atoms with van der Waals surface area (Å²) >= 11 is 1.65. The topological polar surface area (TPSA) is 42.0 Å². The van der Waals surface area contributed by atoms with Crippen LogP contribution in [0, 0.1) is 12.8 Å². The van der Waals surface area contributed by atoms with Gasteiger partial charge in [-0.15, -0.1) is 11.3 Å². The zero-order valence-corrected chi connectivity index (χ0v) is 15.8. The van der Waals surface area contributed by atoms with Gasteiger partial charge in [0.05, 0.1) is 17.1 Å². The van der Waals surface area contributed by atoms with E-state index < -0.39 is 0 Å². The van der Waals surface area contributed by atoms with Gasteiger partial charge in [-0.1, -0.05) is 56.3 Å². The highest BCUT2D eigenvalue weighted by molar-refractivity contribution is 7.11. The Morgan fingerprint density at radius 2 is 1.92 bits per heavy atom. The number of rotatable bonds is 6. The third kappa shape index (κ3) is 4.45. The molecule has 0 saturated carbocycles. The summed E-state index contributed by atoms with van der Waals surface area (Å²) in [4.78, 5) is 17.8. The van der Waals surface area contributed by atoms with Gasteiger partial charge in [-0.2, -0.15) is 0 Å². The van der Waals surface area contributed by atoms with Gasteiger partial charge < -0.3 is 5.32 Å². The van der Waals surface area contributed by atoms with Gasteiger partial charge in [0.15, 0.2) is 0 Å². The lowest BCUT2D eigenvalue weighted by Crippen LogP contribution is -2.28. The summed E-state index contributed by atoms with van der Waals surface area (Å²) in [6, 6.07) is 14.8. The first-order valence-electron chi connectivity index (χ1n) is 8.71. The van der Waals surface area contributed by atoms with Crippen LogP contribution >= 0.6 is 11.3 Å². The van der Waals surface area contributed by atoms with Gasteiger partial charge in [-0.25, -0.2) is 4.98 Å². The van der Waals surface area contributed by atoms with E-state index in [1.54, 1.807) is 11.3 Å². The van der Waals surface area contributed by atoms with Crippen molar-refractivity contribution in [1.82, 2.24) is 10.3 Å². The number of aromatic nitrogens is 1. The Bertz CT molecular complexity index is 877. The second kappa shape index (κ2) is 7.79. The van der Waals surface area contributed by atoms with Crippen LogP contribution in [0.3, 0.4) is 0 Å². The minimum atomic E-state index is 0.0807. The molecule has 0 bridgehead atoms. The lowest BCUT2D eigenvalue weighted by atomic mass is 10.0. The molecule has 2 aromatic carbocycles. The lowest BCUT2D eigenvalue weighted by molar-refractivity contribution is -0.120. The van der Waals surface area contributed by atoms with E-state index in [4.69, 9.17) is 4.98 Å². The summed E-state index contributed by atoms with van der Waals surface area (Å²) < 4.78 is 0. The average Bonchev–Trinajstić information content (AvgIpc) is 2.92. The smallest absolute Gasteiger partial charge is 0.225 e. The number of benzene rings is 2. The standard InChI is InChI=1S/C21H24N2OS/c1-14(2)13-22-20(24)12-19-15(3)23-21(25-19)11-17-9-6-8-16-7-4-5-10-18(16)17/h4-10,14H,11-13H2,1-3H3,(H,22,24). The predicted octanol–water partition coefficient (Wildman–Crippen LogP) is 4.51. The molecule has 0 spiro atoms. The number of hydrogen-bond donors (Lipinski definition) is 1. The number of amides is 1. The number of thiazole rings is 1. The molecule has 1 N–H and O–H groups in total. The number of fused-ring (bicyclic) bond motifs is 1. The average molecular weight is 353 g/mol. The highest BCUT2D eigenvalue weighted by Gasteiger charge is 2.13. The molecule has 0 aliphatic heterocycles. The lowest BCUT2D eigenvalue weighted by Gasteiger charge is -2.06. The highest BCUT2D eigenvalue weighted by Crippen LogP contribution is 2.25. The molecule has 0 fully saturated rings. The molecule has 1 aromatic heterocycles. The van der Waals surface area contributed by atoms with Crippen LogP contribution in [0.2, 0.25) is 0 Å².